The Morgan fingerprint density at radius 3 is 2.71 bits per heavy atom. The van der Waals surface area contributed by atoms with Gasteiger partial charge in [0.1, 0.15) is 0 Å². The second-order valence-electron chi connectivity index (χ2n) is 4.40. The van der Waals surface area contributed by atoms with Gasteiger partial charge in [-0.3, -0.25) is 0 Å². The Kier molecular flexibility index (Phi) is 5.53. The van der Waals surface area contributed by atoms with Gasteiger partial charge in [0.2, 0.25) is 0 Å². The van der Waals surface area contributed by atoms with Gasteiger partial charge in [0.25, 0.3) is 0 Å². The smallest absolute Gasteiger partial charge is 0.338 e. The van der Waals surface area contributed by atoms with E-state index in [1.54, 1.807) is 6.07 Å². The predicted molar refractivity (Wildman–Crippen MR) is 88.6 cm³/mol. The van der Waals surface area contributed by atoms with Crippen LogP contribution in [-0.4, -0.2) is 16.8 Å². The van der Waals surface area contributed by atoms with Crippen LogP contribution in [0, 0.1) is 0 Å². The largest absolute Gasteiger partial charge is 0.478 e. The second kappa shape index (κ2) is 7.38. The molecule has 2 aromatic carbocycles. The molecular weight excluding hydrogens is 306 g/mol. The van der Waals surface area contributed by atoms with Crippen LogP contribution >= 0.6 is 23.4 Å². The summed E-state index contributed by atoms with van der Waals surface area (Å²) in [6.07, 6.45) is 0. The molecule has 0 saturated carbocycles. The van der Waals surface area contributed by atoms with Gasteiger partial charge in [-0.2, -0.15) is 0 Å². The molecule has 0 aliphatic heterocycles. The van der Waals surface area contributed by atoms with Crippen molar-refractivity contribution in [3.05, 3.63) is 58.6 Å². The molecule has 0 heterocycles. The lowest BCUT2D eigenvalue weighted by atomic mass is 10.1. The highest BCUT2D eigenvalue weighted by molar-refractivity contribution is 7.99. The Hall–Kier alpha value is -1.65. The van der Waals surface area contributed by atoms with Crippen molar-refractivity contribution in [1.82, 2.24) is 0 Å². The van der Waals surface area contributed by atoms with Gasteiger partial charge in [0, 0.05) is 16.5 Å². The molecule has 0 aliphatic rings. The van der Waals surface area contributed by atoms with Crippen LogP contribution < -0.4 is 5.32 Å². The average Bonchev–Trinajstić information content (AvgIpc) is 2.45. The van der Waals surface area contributed by atoms with Crippen LogP contribution in [0.5, 0.6) is 0 Å². The van der Waals surface area contributed by atoms with Gasteiger partial charge in [0.05, 0.1) is 11.3 Å². The fourth-order valence-electron chi connectivity index (χ4n) is 2.02. The minimum Gasteiger partial charge on any atom is -0.478 e. The number of hydrogen-bond acceptors (Lipinski definition) is 3. The highest BCUT2D eigenvalue weighted by Gasteiger charge is 2.15. The first kappa shape index (κ1) is 15.7. The lowest BCUT2D eigenvalue weighted by molar-refractivity contribution is 0.0694. The third kappa shape index (κ3) is 4.16. The molecule has 2 aromatic rings. The summed E-state index contributed by atoms with van der Waals surface area (Å²) in [6.45, 7) is 2.53. The predicted octanol–water partition coefficient (Wildman–Crippen LogP) is 4.76. The normalized spacial score (nSPS) is 10.4. The molecule has 0 amide bonds. The monoisotopic (exact) mass is 321 g/mol. The van der Waals surface area contributed by atoms with Crippen molar-refractivity contribution in [2.45, 2.75) is 18.4 Å². The summed E-state index contributed by atoms with van der Waals surface area (Å²) in [5.41, 5.74) is 1.96. The van der Waals surface area contributed by atoms with Crippen molar-refractivity contribution >= 4 is 35.0 Å². The highest BCUT2D eigenvalue weighted by Crippen LogP contribution is 2.29. The summed E-state index contributed by atoms with van der Waals surface area (Å²) in [5.74, 6) is -0.0852. The minimum atomic E-state index is -0.917. The number of hydrogen-bond donors (Lipinski definition) is 2. The van der Waals surface area contributed by atoms with Gasteiger partial charge in [0.15, 0.2) is 0 Å². The number of thioether (sulfide) groups is 1. The fraction of sp³-hybridized carbons (Fsp3) is 0.188. The summed E-state index contributed by atoms with van der Waals surface area (Å²) < 4.78 is 0. The molecule has 0 fully saturated rings. The summed E-state index contributed by atoms with van der Waals surface area (Å²) in [5, 5.41) is 13.3. The van der Waals surface area contributed by atoms with E-state index in [0.717, 1.165) is 16.2 Å². The molecule has 2 rings (SSSR count). The van der Waals surface area contributed by atoms with Crippen molar-refractivity contribution in [3.63, 3.8) is 0 Å². The number of nitrogens with one attached hydrogen (secondary N) is 1. The summed E-state index contributed by atoms with van der Waals surface area (Å²) in [6, 6.07) is 13.0. The molecule has 5 heteroatoms. The molecule has 0 atom stereocenters. The first-order valence-electron chi connectivity index (χ1n) is 6.59. The number of benzene rings is 2. The van der Waals surface area contributed by atoms with Crippen LogP contribution in [0.1, 0.15) is 22.8 Å². The van der Waals surface area contributed by atoms with Crippen LogP contribution in [0.2, 0.25) is 5.02 Å². The lowest BCUT2D eigenvalue weighted by Gasteiger charge is -2.13. The van der Waals surface area contributed by atoms with E-state index in [1.165, 1.54) is 11.8 Å². The highest BCUT2D eigenvalue weighted by atomic mass is 35.5. The maximum absolute atomic E-state index is 11.5. The van der Waals surface area contributed by atoms with Crippen LogP contribution in [-0.2, 0) is 6.54 Å². The fourth-order valence-corrected chi connectivity index (χ4v) is 3.06. The first-order chi connectivity index (χ1) is 10.1. The molecule has 110 valence electrons. The van der Waals surface area contributed by atoms with Gasteiger partial charge >= 0.3 is 5.97 Å². The number of anilines is 1. The first-order valence-corrected chi connectivity index (χ1v) is 7.95. The zero-order valence-corrected chi connectivity index (χ0v) is 13.2. The molecule has 3 nitrogen and oxygen atoms in total. The Balaban J connectivity index is 2.23. The van der Waals surface area contributed by atoms with E-state index in [9.17, 15) is 9.90 Å². The standard InChI is InChI=1S/C16H16ClNO2S/c1-2-21-14-8-4-7-13(15(14)16(19)20)18-10-11-5-3-6-12(17)9-11/h3-9,18H,2,10H2,1H3,(H,19,20). The third-order valence-electron chi connectivity index (χ3n) is 2.91. The quantitative estimate of drug-likeness (QED) is 0.753. The van der Waals surface area contributed by atoms with Crippen molar-refractivity contribution in [2.24, 2.45) is 0 Å². The number of carboxylic acids is 1. The lowest BCUT2D eigenvalue weighted by Crippen LogP contribution is -2.08. The zero-order chi connectivity index (χ0) is 15.2. The van der Waals surface area contributed by atoms with Crippen LogP contribution in [0.15, 0.2) is 47.4 Å². The van der Waals surface area contributed by atoms with Crippen LogP contribution in [0.25, 0.3) is 0 Å². The molecule has 0 saturated heterocycles. The number of halogens is 1. The topological polar surface area (TPSA) is 49.3 Å². The molecule has 0 bridgehead atoms. The summed E-state index contributed by atoms with van der Waals surface area (Å²) >= 11 is 7.48. The average molecular weight is 322 g/mol. The zero-order valence-electron chi connectivity index (χ0n) is 11.6. The van der Waals surface area contributed by atoms with Gasteiger partial charge in [-0.05, 0) is 35.6 Å². The Bertz CT molecular complexity index is 646. The van der Waals surface area contributed by atoms with E-state index >= 15 is 0 Å². The second-order valence-corrected chi connectivity index (χ2v) is 6.14. The molecule has 0 aliphatic carbocycles. The molecule has 2 N–H and O–H groups in total. The molecule has 21 heavy (non-hydrogen) atoms. The molecule has 0 radical (unpaired) electrons. The van der Waals surface area contributed by atoms with Crippen LogP contribution in [0.3, 0.4) is 0 Å². The SMILES string of the molecule is CCSc1cccc(NCc2cccc(Cl)c2)c1C(=O)O. The Morgan fingerprint density at radius 2 is 2.05 bits per heavy atom. The van der Waals surface area contributed by atoms with Gasteiger partial charge in [-0.1, -0.05) is 36.7 Å². The number of carboxylic acid groups (broad SMARTS) is 1. The number of rotatable bonds is 6. The number of aromatic carboxylic acids is 1. The van der Waals surface area contributed by atoms with Gasteiger partial charge < -0.3 is 10.4 Å². The van der Waals surface area contributed by atoms with Gasteiger partial charge in [-0.25, -0.2) is 4.79 Å². The summed E-state index contributed by atoms with van der Waals surface area (Å²) in [7, 11) is 0. The molecule has 0 unspecified atom stereocenters. The van der Waals surface area contributed by atoms with Crippen LogP contribution in [0.4, 0.5) is 5.69 Å². The van der Waals surface area contributed by atoms with Gasteiger partial charge in [-0.15, -0.1) is 11.8 Å². The van der Waals surface area contributed by atoms with E-state index in [2.05, 4.69) is 5.32 Å². The number of carbonyl (C=O) groups is 1. The van der Waals surface area contributed by atoms with Crippen molar-refractivity contribution in [3.8, 4) is 0 Å². The Morgan fingerprint density at radius 1 is 1.29 bits per heavy atom. The maximum atomic E-state index is 11.5. The van der Waals surface area contributed by atoms with Crippen molar-refractivity contribution in [1.29, 1.82) is 0 Å². The minimum absolute atomic E-state index is 0.325. The summed E-state index contributed by atoms with van der Waals surface area (Å²) in [4.78, 5) is 12.3. The van der Waals surface area contributed by atoms with E-state index < -0.39 is 5.97 Å². The maximum Gasteiger partial charge on any atom is 0.338 e. The van der Waals surface area contributed by atoms with Crippen molar-refractivity contribution < 1.29 is 9.90 Å². The van der Waals surface area contributed by atoms with E-state index in [4.69, 9.17) is 11.6 Å². The van der Waals surface area contributed by atoms with E-state index in [0.29, 0.717) is 22.8 Å². The Labute approximate surface area is 133 Å². The third-order valence-corrected chi connectivity index (χ3v) is 4.09. The van der Waals surface area contributed by atoms with E-state index in [1.807, 2.05) is 43.3 Å². The van der Waals surface area contributed by atoms with Crippen molar-refractivity contribution in [2.75, 3.05) is 11.1 Å². The molecular formula is C16H16ClNO2S. The van der Waals surface area contributed by atoms with E-state index in [-0.39, 0.29) is 0 Å². The molecule has 0 aromatic heterocycles. The molecule has 0 spiro atoms.